The number of amides is 1. The van der Waals surface area contributed by atoms with Crippen LogP contribution in [0.3, 0.4) is 0 Å². The highest BCUT2D eigenvalue weighted by molar-refractivity contribution is 5.83. The average molecular weight is 362 g/mol. The van der Waals surface area contributed by atoms with Crippen LogP contribution in [0.25, 0.3) is 0 Å². The molecule has 0 fully saturated rings. The molecule has 0 radical (unpaired) electrons. The van der Waals surface area contributed by atoms with E-state index >= 15 is 0 Å². The molecule has 2 rings (SSSR count). The lowest BCUT2D eigenvalue weighted by Crippen LogP contribution is -2.47. The Balaban J connectivity index is 1.98. The number of alkyl carbamates (subject to hydrolysis) is 1. The SMILES string of the molecule is CC[C@H](C)[C@H](NC(=O)OCc1ccccc1)C(=O)Oc1cc(O)[nH]c1O. The van der Waals surface area contributed by atoms with Crippen molar-refractivity contribution in [1.29, 1.82) is 0 Å². The van der Waals surface area contributed by atoms with Crippen molar-refractivity contribution in [2.75, 3.05) is 0 Å². The van der Waals surface area contributed by atoms with Gasteiger partial charge in [0.05, 0.1) is 0 Å². The molecule has 1 aromatic carbocycles. The van der Waals surface area contributed by atoms with Gasteiger partial charge in [-0.1, -0.05) is 50.6 Å². The summed E-state index contributed by atoms with van der Waals surface area (Å²) in [6.45, 7) is 3.71. The zero-order valence-corrected chi connectivity index (χ0v) is 14.6. The maximum absolute atomic E-state index is 12.4. The number of hydrogen-bond acceptors (Lipinski definition) is 6. The Morgan fingerprint density at radius 1 is 1.23 bits per heavy atom. The number of aromatic hydroxyl groups is 2. The summed E-state index contributed by atoms with van der Waals surface area (Å²) in [5.41, 5.74) is 0.818. The van der Waals surface area contributed by atoms with Gasteiger partial charge < -0.3 is 25.0 Å². The first-order chi connectivity index (χ1) is 12.4. The van der Waals surface area contributed by atoms with Crippen LogP contribution in [0.4, 0.5) is 4.79 Å². The minimum absolute atomic E-state index is 0.0709. The van der Waals surface area contributed by atoms with Crippen molar-refractivity contribution < 1.29 is 29.3 Å². The van der Waals surface area contributed by atoms with Crippen LogP contribution >= 0.6 is 0 Å². The Hall–Kier alpha value is -3.16. The molecule has 0 aliphatic carbocycles. The third-order valence-corrected chi connectivity index (χ3v) is 3.91. The highest BCUT2D eigenvalue weighted by Crippen LogP contribution is 2.30. The van der Waals surface area contributed by atoms with Gasteiger partial charge in [-0.2, -0.15) is 0 Å². The zero-order valence-electron chi connectivity index (χ0n) is 14.6. The molecule has 8 heteroatoms. The number of hydrogen-bond donors (Lipinski definition) is 4. The first-order valence-corrected chi connectivity index (χ1v) is 8.20. The zero-order chi connectivity index (χ0) is 19.1. The quantitative estimate of drug-likeness (QED) is 0.562. The van der Waals surface area contributed by atoms with Gasteiger partial charge in [0, 0.05) is 6.07 Å². The van der Waals surface area contributed by atoms with Crippen LogP contribution in [-0.4, -0.2) is 33.3 Å². The Kier molecular flexibility index (Phi) is 6.48. The summed E-state index contributed by atoms with van der Waals surface area (Å²) in [6, 6.07) is 9.23. The van der Waals surface area contributed by atoms with Gasteiger partial charge in [0.2, 0.25) is 5.88 Å². The molecule has 1 amide bonds. The molecule has 4 N–H and O–H groups in total. The molecule has 2 aromatic rings. The maximum atomic E-state index is 12.4. The van der Waals surface area contributed by atoms with Crippen LogP contribution in [0.5, 0.6) is 17.5 Å². The molecule has 0 saturated heterocycles. The normalized spacial score (nSPS) is 12.8. The Bertz CT molecular complexity index is 743. The Morgan fingerprint density at radius 2 is 1.92 bits per heavy atom. The van der Waals surface area contributed by atoms with Gasteiger partial charge in [0.15, 0.2) is 11.6 Å². The number of ether oxygens (including phenoxy) is 2. The van der Waals surface area contributed by atoms with E-state index in [0.29, 0.717) is 6.42 Å². The van der Waals surface area contributed by atoms with Crippen LogP contribution in [0.15, 0.2) is 36.4 Å². The number of carbonyl (C=O) groups excluding carboxylic acids is 2. The lowest BCUT2D eigenvalue weighted by atomic mass is 9.99. The van der Waals surface area contributed by atoms with Crippen LogP contribution in [0.1, 0.15) is 25.8 Å². The first-order valence-electron chi connectivity index (χ1n) is 8.20. The van der Waals surface area contributed by atoms with E-state index in [1.807, 2.05) is 37.3 Å². The number of aromatic amines is 1. The summed E-state index contributed by atoms with van der Waals surface area (Å²) in [4.78, 5) is 26.6. The van der Waals surface area contributed by atoms with E-state index in [4.69, 9.17) is 9.47 Å². The van der Waals surface area contributed by atoms with E-state index in [1.165, 1.54) is 0 Å². The molecule has 0 unspecified atom stereocenters. The average Bonchev–Trinajstić information content (AvgIpc) is 2.95. The molecule has 1 aromatic heterocycles. The Labute approximate surface area is 150 Å². The minimum Gasteiger partial charge on any atom is -0.494 e. The van der Waals surface area contributed by atoms with Crippen molar-refractivity contribution >= 4 is 12.1 Å². The molecule has 0 bridgehead atoms. The number of nitrogens with one attached hydrogen (secondary N) is 2. The highest BCUT2D eigenvalue weighted by atomic mass is 16.6. The van der Waals surface area contributed by atoms with Crippen LogP contribution < -0.4 is 10.1 Å². The molecule has 140 valence electrons. The van der Waals surface area contributed by atoms with Gasteiger partial charge in [0.1, 0.15) is 12.6 Å². The second-order valence-corrected chi connectivity index (χ2v) is 5.86. The minimum atomic E-state index is -0.972. The Morgan fingerprint density at radius 3 is 2.50 bits per heavy atom. The van der Waals surface area contributed by atoms with E-state index in [9.17, 15) is 19.8 Å². The van der Waals surface area contributed by atoms with E-state index in [-0.39, 0.29) is 24.2 Å². The first kappa shape index (κ1) is 19.2. The summed E-state index contributed by atoms with van der Waals surface area (Å²) in [6.07, 6.45) is -0.152. The van der Waals surface area contributed by atoms with Crippen LogP contribution in [0.2, 0.25) is 0 Å². The third-order valence-electron chi connectivity index (χ3n) is 3.91. The summed E-state index contributed by atoms with van der Waals surface area (Å²) in [5.74, 6) is -2.06. The number of carbonyl (C=O) groups is 2. The summed E-state index contributed by atoms with van der Waals surface area (Å²) < 4.78 is 10.2. The third kappa shape index (κ3) is 5.17. The van der Waals surface area contributed by atoms with Gasteiger partial charge >= 0.3 is 12.1 Å². The molecule has 8 nitrogen and oxygen atoms in total. The fraction of sp³-hybridized carbons (Fsp3) is 0.333. The smallest absolute Gasteiger partial charge is 0.408 e. The second-order valence-electron chi connectivity index (χ2n) is 5.86. The second kappa shape index (κ2) is 8.80. The van der Waals surface area contributed by atoms with E-state index in [0.717, 1.165) is 11.6 Å². The van der Waals surface area contributed by atoms with Gasteiger partial charge in [-0.15, -0.1) is 0 Å². The topological polar surface area (TPSA) is 121 Å². The lowest BCUT2D eigenvalue weighted by molar-refractivity contribution is -0.138. The van der Waals surface area contributed by atoms with Crippen molar-refractivity contribution in [3.8, 4) is 17.5 Å². The molecule has 26 heavy (non-hydrogen) atoms. The van der Waals surface area contributed by atoms with Gasteiger partial charge in [-0.3, -0.25) is 4.98 Å². The molecular weight excluding hydrogens is 340 g/mol. The molecule has 2 atom stereocenters. The fourth-order valence-electron chi connectivity index (χ4n) is 2.22. The molecule has 0 spiro atoms. The standard InChI is InChI=1S/C18H22N2O6/c1-3-11(2)15(17(23)26-13-9-14(21)19-16(13)22)20-18(24)25-10-12-7-5-4-6-8-12/h4-9,11,15,19,21-22H,3,10H2,1-2H3,(H,20,24)/t11-,15-/m0/s1. The summed E-state index contributed by atoms with van der Waals surface area (Å²) >= 11 is 0. The number of esters is 1. The molecular formula is C18H22N2O6. The fourth-order valence-corrected chi connectivity index (χ4v) is 2.22. The van der Waals surface area contributed by atoms with Crippen molar-refractivity contribution in [1.82, 2.24) is 10.3 Å². The van der Waals surface area contributed by atoms with Crippen molar-refractivity contribution in [3.05, 3.63) is 42.0 Å². The molecule has 0 aliphatic heterocycles. The summed E-state index contributed by atoms with van der Waals surface area (Å²) in [5, 5.41) is 21.3. The van der Waals surface area contributed by atoms with Gasteiger partial charge in [-0.05, 0) is 11.5 Å². The number of benzene rings is 1. The predicted molar refractivity (Wildman–Crippen MR) is 92.8 cm³/mol. The van der Waals surface area contributed by atoms with E-state index < -0.39 is 24.0 Å². The maximum Gasteiger partial charge on any atom is 0.408 e. The van der Waals surface area contributed by atoms with Crippen LogP contribution in [0, 0.1) is 5.92 Å². The van der Waals surface area contributed by atoms with Gasteiger partial charge in [0.25, 0.3) is 0 Å². The summed E-state index contributed by atoms with van der Waals surface area (Å²) in [7, 11) is 0. The largest absolute Gasteiger partial charge is 0.494 e. The molecule has 0 saturated carbocycles. The van der Waals surface area contributed by atoms with E-state index in [1.54, 1.807) is 6.92 Å². The molecule has 1 heterocycles. The number of aromatic nitrogens is 1. The van der Waals surface area contributed by atoms with Crippen molar-refractivity contribution in [2.45, 2.75) is 32.9 Å². The monoisotopic (exact) mass is 362 g/mol. The van der Waals surface area contributed by atoms with Crippen molar-refractivity contribution in [3.63, 3.8) is 0 Å². The molecule has 0 aliphatic rings. The van der Waals surface area contributed by atoms with Crippen molar-refractivity contribution in [2.24, 2.45) is 5.92 Å². The number of H-pyrrole nitrogens is 1. The van der Waals surface area contributed by atoms with Crippen LogP contribution in [-0.2, 0) is 16.1 Å². The predicted octanol–water partition coefficient (Wildman–Crippen LogP) is 2.67. The lowest BCUT2D eigenvalue weighted by Gasteiger charge is -2.22. The van der Waals surface area contributed by atoms with Gasteiger partial charge in [-0.25, -0.2) is 9.59 Å². The highest BCUT2D eigenvalue weighted by Gasteiger charge is 2.29. The number of rotatable bonds is 7. The van der Waals surface area contributed by atoms with E-state index in [2.05, 4.69) is 10.3 Å².